The van der Waals surface area contributed by atoms with E-state index in [2.05, 4.69) is 13.5 Å². The van der Waals surface area contributed by atoms with Gasteiger partial charge in [0.15, 0.2) is 5.78 Å². The van der Waals surface area contributed by atoms with Crippen molar-refractivity contribution < 1.29 is 14.3 Å². The lowest BCUT2D eigenvalue weighted by Gasteiger charge is -2.35. The Morgan fingerprint density at radius 3 is 2.64 bits per heavy atom. The van der Waals surface area contributed by atoms with Gasteiger partial charge in [0, 0.05) is 11.8 Å². The van der Waals surface area contributed by atoms with Crippen LogP contribution in [-0.4, -0.2) is 25.8 Å². The molecular weight excluding hydrogens is 180 g/mol. The summed E-state index contributed by atoms with van der Waals surface area (Å²) in [6, 6.07) is 0. The van der Waals surface area contributed by atoms with Gasteiger partial charge in [-0.15, -0.1) is 0 Å². The highest BCUT2D eigenvalue weighted by atomic mass is 16.7. The van der Waals surface area contributed by atoms with Gasteiger partial charge >= 0.3 is 0 Å². The largest absolute Gasteiger partial charge is 0.355 e. The lowest BCUT2D eigenvalue weighted by molar-refractivity contribution is -0.168. The number of hydrogen-bond acceptors (Lipinski definition) is 3. The van der Waals surface area contributed by atoms with Gasteiger partial charge in [-0.3, -0.25) is 4.79 Å². The van der Waals surface area contributed by atoms with E-state index in [1.807, 2.05) is 0 Å². The van der Waals surface area contributed by atoms with Gasteiger partial charge in [0.05, 0.1) is 13.2 Å². The summed E-state index contributed by atoms with van der Waals surface area (Å²) in [5.41, 5.74) is 0.0386. The quantitative estimate of drug-likeness (QED) is 0.633. The van der Waals surface area contributed by atoms with Crippen LogP contribution >= 0.6 is 0 Å². The van der Waals surface area contributed by atoms with Crippen molar-refractivity contribution in [3.63, 3.8) is 0 Å². The average molecular weight is 198 g/mol. The molecule has 0 aromatic rings. The van der Waals surface area contributed by atoms with Gasteiger partial charge in [-0.25, -0.2) is 0 Å². The number of rotatable bonds is 5. The Morgan fingerprint density at radius 2 is 2.14 bits per heavy atom. The third-order valence-corrected chi connectivity index (χ3v) is 2.86. The Labute approximate surface area is 85.1 Å². The Balaban J connectivity index is 2.43. The molecule has 0 N–H and O–H groups in total. The number of carbonyl (C=O) groups excluding carboxylic acids is 1. The summed E-state index contributed by atoms with van der Waals surface area (Å²) in [6.07, 6.45) is 3.74. The molecule has 1 aliphatic rings. The van der Waals surface area contributed by atoms with E-state index in [0.717, 1.165) is 12.8 Å². The van der Waals surface area contributed by atoms with Crippen molar-refractivity contribution >= 4 is 5.78 Å². The van der Waals surface area contributed by atoms with Crippen LogP contribution in [0, 0.1) is 5.41 Å². The van der Waals surface area contributed by atoms with Crippen molar-refractivity contribution in [3.8, 4) is 0 Å². The fourth-order valence-electron chi connectivity index (χ4n) is 1.63. The molecule has 80 valence electrons. The van der Waals surface area contributed by atoms with Crippen LogP contribution in [0.1, 0.15) is 26.2 Å². The van der Waals surface area contributed by atoms with E-state index in [-0.39, 0.29) is 11.2 Å². The van der Waals surface area contributed by atoms with Crippen LogP contribution < -0.4 is 0 Å². The molecule has 0 aliphatic carbocycles. The molecule has 0 radical (unpaired) electrons. The van der Waals surface area contributed by atoms with Gasteiger partial charge in [-0.05, 0) is 18.9 Å². The molecule has 0 unspecified atom stereocenters. The fourth-order valence-corrected chi connectivity index (χ4v) is 1.63. The summed E-state index contributed by atoms with van der Waals surface area (Å²) < 4.78 is 10.6. The van der Waals surface area contributed by atoms with Crippen LogP contribution in [0.15, 0.2) is 12.7 Å². The highest BCUT2D eigenvalue weighted by Crippen LogP contribution is 2.31. The summed E-state index contributed by atoms with van der Waals surface area (Å²) in [5.74, 6) is 0.100. The molecule has 1 aliphatic heterocycles. The van der Waals surface area contributed by atoms with Crippen molar-refractivity contribution in [3.05, 3.63) is 12.7 Å². The van der Waals surface area contributed by atoms with E-state index in [0.29, 0.717) is 26.4 Å². The third-order valence-electron chi connectivity index (χ3n) is 2.86. The van der Waals surface area contributed by atoms with Crippen LogP contribution in [0.2, 0.25) is 0 Å². The Kier molecular flexibility index (Phi) is 4.29. The number of ketones is 1. The SMILES string of the molecule is C=CC(=O)CCC1(CC)COCOC1. The first-order valence-electron chi connectivity index (χ1n) is 5.03. The summed E-state index contributed by atoms with van der Waals surface area (Å²) in [7, 11) is 0. The monoisotopic (exact) mass is 198 g/mol. The molecule has 0 spiro atoms. The Bertz CT molecular complexity index is 205. The minimum Gasteiger partial charge on any atom is -0.355 e. The van der Waals surface area contributed by atoms with Crippen LogP contribution in [0.4, 0.5) is 0 Å². The zero-order chi connectivity index (χ0) is 10.4. The van der Waals surface area contributed by atoms with E-state index in [9.17, 15) is 4.79 Å². The third kappa shape index (κ3) is 2.93. The van der Waals surface area contributed by atoms with E-state index in [1.165, 1.54) is 6.08 Å². The van der Waals surface area contributed by atoms with Crippen molar-refractivity contribution in [1.82, 2.24) is 0 Å². The first kappa shape index (κ1) is 11.4. The highest BCUT2D eigenvalue weighted by Gasteiger charge is 2.31. The summed E-state index contributed by atoms with van der Waals surface area (Å²) in [6.45, 7) is 7.36. The van der Waals surface area contributed by atoms with Crippen molar-refractivity contribution in [2.45, 2.75) is 26.2 Å². The van der Waals surface area contributed by atoms with Crippen LogP contribution in [0.3, 0.4) is 0 Å². The van der Waals surface area contributed by atoms with Crippen LogP contribution in [0.5, 0.6) is 0 Å². The molecule has 1 saturated heterocycles. The zero-order valence-electron chi connectivity index (χ0n) is 8.75. The second kappa shape index (κ2) is 5.27. The summed E-state index contributed by atoms with van der Waals surface area (Å²) in [4.78, 5) is 11.1. The molecule has 1 heterocycles. The van der Waals surface area contributed by atoms with Crippen LogP contribution in [0.25, 0.3) is 0 Å². The van der Waals surface area contributed by atoms with E-state index in [4.69, 9.17) is 9.47 Å². The topological polar surface area (TPSA) is 35.5 Å². The minimum absolute atomic E-state index is 0.0386. The molecule has 0 saturated carbocycles. The maximum absolute atomic E-state index is 11.1. The van der Waals surface area contributed by atoms with Gasteiger partial charge in [-0.2, -0.15) is 0 Å². The average Bonchev–Trinajstić information content (AvgIpc) is 2.27. The molecule has 14 heavy (non-hydrogen) atoms. The van der Waals surface area contributed by atoms with E-state index >= 15 is 0 Å². The second-order valence-corrected chi connectivity index (χ2v) is 3.84. The molecule has 3 nitrogen and oxygen atoms in total. The summed E-state index contributed by atoms with van der Waals surface area (Å²) in [5, 5.41) is 0. The molecular formula is C11H18O3. The molecule has 1 fully saturated rings. The molecule has 0 aromatic heterocycles. The molecule has 0 aromatic carbocycles. The van der Waals surface area contributed by atoms with Gasteiger partial charge in [0.1, 0.15) is 6.79 Å². The zero-order valence-corrected chi connectivity index (χ0v) is 8.75. The second-order valence-electron chi connectivity index (χ2n) is 3.84. The molecule has 3 heteroatoms. The van der Waals surface area contributed by atoms with Crippen LogP contribution in [-0.2, 0) is 14.3 Å². The van der Waals surface area contributed by atoms with Crippen molar-refractivity contribution in [2.75, 3.05) is 20.0 Å². The smallest absolute Gasteiger partial charge is 0.155 e. The summed E-state index contributed by atoms with van der Waals surface area (Å²) >= 11 is 0. The Hall–Kier alpha value is -0.670. The molecule has 1 rings (SSSR count). The fraction of sp³-hybridized carbons (Fsp3) is 0.727. The first-order valence-corrected chi connectivity index (χ1v) is 5.03. The van der Waals surface area contributed by atoms with Gasteiger partial charge in [0.2, 0.25) is 0 Å². The molecule has 0 atom stereocenters. The van der Waals surface area contributed by atoms with Crippen molar-refractivity contribution in [1.29, 1.82) is 0 Å². The molecule has 0 bridgehead atoms. The Morgan fingerprint density at radius 1 is 1.50 bits per heavy atom. The predicted octanol–water partition coefficient (Wildman–Crippen LogP) is 1.92. The van der Waals surface area contributed by atoms with Crippen molar-refractivity contribution in [2.24, 2.45) is 5.41 Å². The normalized spacial score (nSPS) is 20.4. The standard InChI is InChI=1S/C11H18O3/c1-3-10(12)5-6-11(4-2)7-13-9-14-8-11/h3H,1,4-9H2,2H3. The number of allylic oxidation sites excluding steroid dienone is 1. The number of hydrogen-bond donors (Lipinski definition) is 0. The number of carbonyl (C=O) groups is 1. The van der Waals surface area contributed by atoms with E-state index in [1.54, 1.807) is 0 Å². The predicted molar refractivity (Wildman–Crippen MR) is 53.9 cm³/mol. The van der Waals surface area contributed by atoms with Gasteiger partial charge in [0.25, 0.3) is 0 Å². The maximum Gasteiger partial charge on any atom is 0.155 e. The van der Waals surface area contributed by atoms with Gasteiger partial charge in [-0.1, -0.05) is 13.5 Å². The highest BCUT2D eigenvalue weighted by molar-refractivity contribution is 5.88. The molecule has 0 amide bonds. The lowest BCUT2D eigenvalue weighted by atomic mass is 9.81. The minimum atomic E-state index is 0.0386. The maximum atomic E-state index is 11.1. The van der Waals surface area contributed by atoms with Gasteiger partial charge < -0.3 is 9.47 Å². The lowest BCUT2D eigenvalue weighted by Crippen LogP contribution is -2.37. The van der Waals surface area contributed by atoms with E-state index < -0.39 is 0 Å². The number of ether oxygens (including phenoxy) is 2. The first-order chi connectivity index (χ1) is 6.72.